The predicted molar refractivity (Wildman–Crippen MR) is 93.3 cm³/mol. The van der Waals surface area contributed by atoms with Gasteiger partial charge in [-0.2, -0.15) is 0 Å². The first-order chi connectivity index (χ1) is 10.8. The van der Waals surface area contributed by atoms with Crippen LogP contribution in [0, 0.1) is 0 Å². The third-order valence-electron chi connectivity index (χ3n) is 2.86. The Hall–Kier alpha value is -1.79. The first-order valence-corrected chi connectivity index (χ1v) is 8.15. The molecule has 5 nitrogen and oxygen atoms in total. The number of carbonyl (C=O) groups excluding carboxylic acids is 1. The van der Waals surface area contributed by atoms with E-state index < -0.39 is 11.7 Å². The van der Waals surface area contributed by atoms with Crippen LogP contribution in [-0.4, -0.2) is 11.7 Å². The molecule has 1 heterocycles. The quantitative estimate of drug-likeness (QED) is 0.790. The summed E-state index contributed by atoms with van der Waals surface area (Å²) in [4.78, 5) is 11.7. The summed E-state index contributed by atoms with van der Waals surface area (Å²) in [6.07, 6.45) is -0.452. The molecule has 0 radical (unpaired) electrons. The first-order valence-electron chi connectivity index (χ1n) is 7.36. The first kappa shape index (κ1) is 17.6. The highest BCUT2D eigenvalue weighted by Crippen LogP contribution is 2.15. The van der Waals surface area contributed by atoms with Gasteiger partial charge in [0.1, 0.15) is 11.4 Å². The molecule has 124 valence electrons. The Labute approximate surface area is 144 Å². The van der Waals surface area contributed by atoms with Crippen LogP contribution >= 0.6 is 15.9 Å². The molecule has 0 aliphatic rings. The van der Waals surface area contributed by atoms with Crippen molar-refractivity contribution in [2.24, 2.45) is 0 Å². The summed E-state index contributed by atoms with van der Waals surface area (Å²) >= 11 is 3.28. The Balaban J connectivity index is 1.79. The Morgan fingerprint density at radius 1 is 1.13 bits per heavy atom. The molecule has 2 N–H and O–H groups in total. The Bertz CT molecular complexity index is 645. The van der Waals surface area contributed by atoms with Crippen molar-refractivity contribution >= 4 is 27.7 Å². The van der Waals surface area contributed by atoms with Gasteiger partial charge >= 0.3 is 6.09 Å². The van der Waals surface area contributed by atoms with E-state index in [0.717, 1.165) is 16.0 Å². The fraction of sp³-hybridized carbons (Fsp3) is 0.353. The third-order valence-corrected chi connectivity index (χ3v) is 3.28. The molecule has 2 aromatic rings. The molecular weight excluding hydrogens is 360 g/mol. The molecule has 23 heavy (non-hydrogen) atoms. The van der Waals surface area contributed by atoms with Crippen molar-refractivity contribution in [3.63, 3.8) is 0 Å². The standard InChI is InChI=1S/C17H21BrN2O3/c1-17(2,3)23-16(21)20-13-6-4-12(5-7-13)10-19-11-14-8-9-15(18)22-14/h4-9,19H,10-11H2,1-3H3,(H,20,21). The van der Waals surface area contributed by atoms with E-state index in [9.17, 15) is 4.79 Å². The number of hydrogen-bond donors (Lipinski definition) is 2. The molecule has 0 spiro atoms. The molecule has 2 rings (SSSR count). The van der Waals surface area contributed by atoms with E-state index in [-0.39, 0.29) is 0 Å². The zero-order valence-electron chi connectivity index (χ0n) is 13.5. The zero-order chi connectivity index (χ0) is 16.9. The molecule has 6 heteroatoms. The number of carbonyl (C=O) groups is 1. The number of rotatable bonds is 5. The number of halogens is 1. The third kappa shape index (κ3) is 6.46. The van der Waals surface area contributed by atoms with Crippen LogP contribution in [0.2, 0.25) is 0 Å². The lowest BCUT2D eigenvalue weighted by molar-refractivity contribution is 0.0636. The maximum absolute atomic E-state index is 11.7. The highest BCUT2D eigenvalue weighted by Gasteiger charge is 2.15. The lowest BCUT2D eigenvalue weighted by Gasteiger charge is -2.19. The molecule has 0 atom stereocenters. The van der Waals surface area contributed by atoms with Gasteiger partial charge < -0.3 is 14.5 Å². The fourth-order valence-electron chi connectivity index (χ4n) is 1.90. The molecule has 0 fully saturated rings. The minimum Gasteiger partial charge on any atom is -0.453 e. The van der Waals surface area contributed by atoms with Crippen LogP contribution in [0.5, 0.6) is 0 Å². The van der Waals surface area contributed by atoms with Gasteiger partial charge in [0.25, 0.3) is 0 Å². The van der Waals surface area contributed by atoms with Gasteiger partial charge in [-0.25, -0.2) is 4.79 Å². The van der Waals surface area contributed by atoms with Gasteiger partial charge in [-0.05, 0) is 66.5 Å². The number of anilines is 1. The molecule has 1 aromatic carbocycles. The van der Waals surface area contributed by atoms with E-state index >= 15 is 0 Å². The van der Waals surface area contributed by atoms with Crippen LogP contribution in [0.15, 0.2) is 45.5 Å². The number of benzene rings is 1. The average molecular weight is 381 g/mol. The van der Waals surface area contributed by atoms with Crippen molar-refractivity contribution in [1.82, 2.24) is 5.32 Å². The zero-order valence-corrected chi connectivity index (χ0v) is 15.1. The highest BCUT2D eigenvalue weighted by molar-refractivity contribution is 9.10. The summed E-state index contributed by atoms with van der Waals surface area (Å²) in [6.45, 7) is 6.87. The second-order valence-corrected chi connectivity index (χ2v) is 6.91. The van der Waals surface area contributed by atoms with Crippen LogP contribution in [0.3, 0.4) is 0 Å². The molecule has 0 aliphatic carbocycles. The SMILES string of the molecule is CC(C)(C)OC(=O)Nc1ccc(CNCc2ccc(Br)o2)cc1. The minimum absolute atomic E-state index is 0.452. The average Bonchev–Trinajstić information content (AvgIpc) is 2.84. The number of furan rings is 1. The van der Waals surface area contributed by atoms with Crippen LogP contribution in [-0.2, 0) is 17.8 Å². The molecule has 0 unspecified atom stereocenters. The topological polar surface area (TPSA) is 63.5 Å². The lowest BCUT2D eigenvalue weighted by Crippen LogP contribution is -2.27. The molecular formula is C17H21BrN2O3. The lowest BCUT2D eigenvalue weighted by atomic mass is 10.2. The second kappa shape index (κ2) is 7.66. The summed E-state index contributed by atoms with van der Waals surface area (Å²) in [5.74, 6) is 0.875. The summed E-state index contributed by atoms with van der Waals surface area (Å²) in [7, 11) is 0. The van der Waals surface area contributed by atoms with Gasteiger partial charge in [0.15, 0.2) is 4.67 Å². The smallest absolute Gasteiger partial charge is 0.412 e. The number of amides is 1. The van der Waals surface area contributed by atoms with E-state index in [0.29, 0.717) is 18.8 Å². The van der Waals surface area contributed by atoms with Crippen molar-refractivity contribution < 1.29 is 13.9 Å². The van der Waals surface area contributed by atoms with Crippen LogP contribution < -0.4 is 10.6 Å². The van der Waals surface area contributed by atoms with E-state index in [2.05, 4.69) is 26.6 Å². The van der Waals surface area contributed by atoms with E-state index in [1.165, 1.54) is 0 Å². The van der Waals surface area contributed by atoms with Gasteiger partial charge in [0.05, 0.1) is 6.54 Å². The van der Waals surface area contributed by atoms with Crippen LogP contribution in [0.1, 0.15) is 32.1 Å². The van der Waals surface area contributed by atoms with Crippen LogP contribution in [0.4, 0.5) is 10.5 Å². The van der Waals surface area contributed by atoms with Crippen molar-refractivity contribution in [3.8, 4) is 0 Å². The Morgan fingerprint density at radius 3 is 2.39 bits per heavy atom. The van der Waals surface area contributed by atoms with E-state index in [4.69, 9.17) is 9.15 Å². The van der Waals surface area contributed by atoms with Gasteiger partial charge in [-0.1, -0.05) is 12.1 Å². The Morgan fingerprint density at radius 2 is 1.83 bits per heavy atom. The number of ether oxygens (including phenoxy) is 1. The minimum atomic E-state index is -0.505. The number of nitrogens with one attached hydrogen (secondary N) is 2. The van der Waals surface area contributed by atoms with E-state index in [1.807, 2.05) is 57.2 Å². The van der Waals surface area contributed by atoms with Gasteiger partial charge in [-0.3, -0.25) is 5.32 Å². The van der Waals surface area contributed by atoms with E-state index in [1.54, 1.807) is 0 Å². The van der Waals surface area contributed by atoms with Crippen molar-refractivity contribution in [3.05, 3.63) is 52.4 Å². The molecule has 0 saturated heterocycles. The van der Waals surface area contributed by atoms with Crippen molar-refractivity contribution in [2.45, 2.75) is 39.5 Å². The number of hydrogen-bond acceptors (Lipinski definition) is 4. The highest BCUT2D eigenvalue weighted by atomic mass is 79.9. The molecule has 0 aliphatic heterocycles. The summed E-state index contributed by atoms with van der Waals surface area (Å²) in [5.41, 5.74) is 1.32. The van der Waals surface area contributed by atoms with Crippen molar-refractivity contribution in [2.75, 3.05) is 5.32 Å². The summed E-state index contributed by atoms with van der Waals surface area (Å²) in [6, 6.07) is 11.4. The predicted octanol–water partition coefficient (Wildman–Crippen LogP) is 4.68. The largest absolute Gasteiger partial charge is 0.453 e. The van der Waals surface area contributed by atoms with Crippen molar-refractivity contribution in [1.29, 1.82) is 0 Å². The van der Waals surface area contributed by atoms with Crippen LogP contribution in [0.25, 0.3) is 0 Å². The molecule has 1 amide bonds. The van der Waals surface area contributed by atoms with Gasteiger partial charge in [-0.15, -0.1) is 0 Å². The van der Waals surface area contributed by atoms with Gasteiger partial charge in [0.2, 0.25) is 0 Å². The monoisotopic (exact) mass is 380 g/mol. The molecule has 0 saturated carbocycles. The fourth-order valence-corrected chi connectivity index (χ4v) is 2.24. The second-order valence-electron chi connectivity index (χ2n) is 6.13. The summed E-state index contributed by atoms with van der Waals surface area (Å²) < 4.78 is 11.4. The molecule has 1 aromatic heterocycles. The Kier molecular flexibility index (Phi) is 5.85. The maximum atomic E-state index is 11.7. The van der Waals surface area contributed by atoms with Gasteiger partial charge in [0, 0.05) is 12.2 Å². The normalized spacial score (nSPS) is 11.3. The summed E-state index contributed by atoms with van der Waals surface area (Å²) in [5, 5.41) is 6.00. The molecule has 0 bridgehead atoms. The maximum Gasteiger partial charge on any atom is 0.412 e.